The molecule has 1 fully saturated rings. The van der Waals surface area contributed by atoms with Crippen LogP contribution in [-0.2, 0) is 16.6 Å². The number of piperazine rings is 1. The Morgan fingerprint density at radius 3 is 2.59 bits per heavy atom. The van der Waals surface area contributed by atoms with Crippen molar-refractivity contribution >= 4 is 32.6 Å². The van der Waals surface area contributed by atoms with E-state index in [0.29, 0.717) is 43.3 Å². The number of hydrogen-bond acceptors (Lipinski definition) is 5. The van der Waals surface area contributed by atoms with Gasteiger partial charge in [-0.05, 0) is 36.8 Å². The van der Waals surface area contributed by atoms with E-state index in [1.54, 1.807) is 25.1 Å². The summed E-state index contributed by atoms with van der Waals surface area (Å²) in [5, 5.41) is 5.63. The monoisotopic (exact) mass is 405 g/mol. The van der Waals surface area contributed by atoms with E-state index in [9.17, 15) is 8.42 Å². The molecular formula is C19H20ClN3O3S. The van der Waals surface area contributed by atoms with Gasteiger partial charge >= 0.3 is 0 Å². The maximum absolute atomic E-state index is 13.0. The molecule has 1 saturated heterocycles. The largest absolute Gasteiger partial charge is 0.356 e. The van der Waals surface area contributed by atoms with Crippen LogP contribution in [0.3, 0.4) is 0 Å². The van der Waals surface area contributed by atoms with Gasteiger partial charge in [0.05, 0.1) is 4.90 Å². The molecule has 27 heavy (non-hydrogen) atoms. The van der Waals surface area contributed by atoms with Crippen molar-refractivity contribution in [2.24, 2.45) is 0 Å². The van der Waals surface area contributed by atoms with Crippen LogP contribution >= 0.6 is 11.6 Å². The van der Waals surface area contributed by atoms with Gasteiger partial charge < -0.3 is 4.52 Å². The van der Waals surface area contributed by atoms with E-state index in [-0.39, 0.29) is 4.90 Å². The fraction of sp³-hybridized carbons (Fsp3) is 0.316. The summed E-state index contributed by atoms with van der Waals surface area (Å²) in [5.74, 6) is 0. The first-order valence-electron chi connectivity index (χ1n) is 8.78. The summed E-state index contributed by atoms with van der Waals surface area (Å²) in [7, 11) is -3.55. The molecule has 0 saturated carbocycles. The number of fused-ring (bicyclic) bond motifs is 1. The Balaban J connectivity index is 1.46. The van der Waals surface area contributed by atoms with Crippen LogP contribution in [0.4, 0.5) is 0 Å². The maximum atomic E-state index is 13.0. The van der Waals surface area contributed by atoms with Gasteiger partial charge in [0, 0.05) is 43.1 Å². The zero-order valence-electron chi connectivity index (χ0n) is 14.9. The molecule has 142 valence electrons. The fourth-order valence-corrected chi connectivity index (χ4v) is 5.30. The van der Waals surface area contributed by atoms with Gasteiger partial charge in [0.25, 0.3) is 0 Å². The third-order valence-corrected chi connectivity index (χ3v) is 7.45. The summed E-state index contributed by atoms with van der Waals surface area (Å²) >= 11 is 6.10. The van der Waals surface area contributed by atoms with Crippen LogP contribution in [-0.4, -0.2) is 49.0 Å². The number of para-hydroxylation sites is 1. The van der Waals surface area contributed by atoms with Gasteiger partial charge in [-0.15, -0.1) is 0 Å². The molecule has 0 spiro atoms. The topological polar surface area (TPSA) is 66.7 Å². The zero-order valence-corrected chi connectivity index (χ0v) is 16.5. The molecule has 0 aliphatic carbocycles. The highest BCUT2D eigenvalue weighted by molar-refractivity contribution is 7.89. The Kier molecular flexibility index (Phi) is 4.94. The molecule has 2 aromatic carbocycles. The van der Waals surface area contributed by atoms with Crippen LogP contribution in [0.2, 0.25) is 5.02 Å². The Labute approximate surface area is 163 Å². The predicted molar refractivity (Wildman–Crippen MR) is 104 cm³/mol. The molecule has 8 heteroatoms. The third-order valence-electron chi connectivity index (χ3n) is 4.99. The standard InChI is InChI=1S/C19H20ClN3O3S/c1-14-16(20)6-4-8-19(14)27(24,25)23-11-9-22(10-12-23)13-17-15-5-2-3-7-18(15)26-21-17/h2-8H,9-13H2,1H3. The average Bonchev–Trinajstić information content (AvgIpc) is 3.07. The molecule has 0 bridgehead atoms. The van der Waals surface area contributed by atoms with Crippen molar-refractivity contribution in [3.8, 4) is 0 Å². The zero-order chi connectivity index (χ0) is 19.0. The summed E-state index contributed by atoms with van der Waals surface area (Å²) < 4.78 is 32.8. The first-order chi connectivity index (χ1) is 13.0. The van der Waals surface area contributed by atoms with Crippen molar-refractivity contribution in [2.75, 3.05) is 26.2 Å². The molecule has 0 unspecified atom stereocenters. The first kappa shape index (κ1) is 18.4. The SMILES string of the molecule is Cc1c(Cl)cccc1S(=O)(=O)N1CCN(Cc2noc3ccccc23)CC1. The Morgan fingerprint density at radius 2 is 1.81 bits per heavy atom. The number of halogens is 1. The second kappa shape index (κ2) is 7.24. The molecule has 6 nitrogen and oxygen atoms in total. The van der Waals surface area contributed by atoms with Gasteiger partial charge in [0.2, 0.25) is 10.0 Å². The summed E-state index contributed by atoms with van der Waals surface area (Å²) in [6, 6.07) is 12.8. The number of benzene rings is 2. The molecule has 0 N–H and O–H groups in total. The highest BCUT2D eigenvalue weighted by atomic mass is 35.5. The number of nitrogens with zero attached hydrogens (tertiary/aromatic N) is 3. The number of hydrogen-bond donors (Lipinski definition) is 0. The molecule has 0 radical (unpaired) electrons. The van der Waals surface area contributed by atoms with Crippen LogP contribution in [0, 0.1) is 6.92 Å². The van der Waals surface area contributed by atoms with Gasteiger partial charge in [-0.2, -0.15) is 4.31 Å². The van der Waals surface area contributed by atoms with Crippen molar-refractivity contribution in [1.29, 1.82) is 0 Å². The van der Waals surface area contributed by atoms with Crippen molar-refractivity contribution in [3.63, 3.8) is 0 Å². The van der Waals surface area contributed by atoms with Gasteiger partial charge in [0.1, 0.15) is 5.69 Å². The molecule has 0 amide bonds. The number of aromatic nitrogens is 1. The molecule has 1 aromatic heterocycles. The Hall–Kier alpha value is -1.93. The normalized spacial score (nSPS) is 16.8. The van der Waals surface area contributed by atoms with E-state index in [4.69, 9.17) is 16.1 Å². The van der Waals surface area contributed by atoms with Crippen molar-refractivity contribution in [1.82, 2.24) is 14.4 Å². The van der Waals surface area contributed by atoms with E-state index in [0.717, 1.165) is 16.7 Å². The van der Waals surface area contributed by atoms with E-state index in [1.165, 1.54) is 4.31 Å². The lowest BCUT2D eigenvalue weighted by Crippen LogP contribution is -2.48. The van der Waals surface area contributed by atoms with Crippen LogP contribution in [0.25, 0.3) is 11.0 Å². The summed E-state index contributed by atoms with van der Waals surface area (Å²) in [4.78, 5) is 2.48. The average molecular weight is 406 g/mol. The molecule has 1 aliphatic heterocycles. The molecule has 1 aliphatic rings. The quantitative estimate of drug-likeness (QED) is 0.666. The van der Waals surface area contributed by atoms with Crippen LogP contribution in [0.1, 0.15) is 11.3 Å². The van der Waals surface area contributed by atoms with Crippen molar-refractivity contribution in [2.45, 2.75) is 18.4 Å². The summed E-state index contributed by atoms with van der Waals surface area (Å²) in [6.07, 6.45) is 0. The van der Waals surface area contributed by atoms with Gasteiger partial charge in [0.15, 0.2) is 5.58 Å². The lowest BCUT2D eigenvalue weighted by atomic mass is 10.2. The van der Waals surface area contributed by atoms with Crippen molar-refractivity contribution in [3.05, 3.63) is 58.7 Å². The molecule has 3 aromatic rings. The smallest absolute Gasteiger partial charge is 0.243 e. The van der Waals surface area contributed by atoms with Crippen LogP contribution < -0.4 is 0 Å². The fourth-order valence-electron chi connectivity index (χ4n) is 3.40. The Morgan fingerprint density at radius 1 is 1.07 bits per heavy atom. The van der Waals surface area contributed by atoms with Crippen molar-refractivity contribution < 1.29 is 12.9 Å². The lowest BCUT2D eigenvalue weighted by molar-refractivity contribution is 0.178. The van der Waals surface area contributed by atoms with E-state index < -0.39 is 10.0 Å². The number of sulfonamides is 1. The summed E-state index contributed by atoms with van der Waals surface area (Å²) in [6.45, 7) is 4.52. The second-order valence-corrected chi connectivity index (χ2v) is 8.98. The van der Waals surface area contributed by atoms with Gasteiger partial charge in [-0.25, -0.2) is 8.42 Å². The van der Waals surface area contributed by atoms with Crippen LogP contribution in [0.5, 0.6) is 0 Å². The van der Waals surface area contributed by atoms with E-state index in [2.05, 4.69) is 10.1 Å². The number of rotatable bonds is 4. The highest BCUT2D eigenvalue weighted by Gasteiger charge is 2.30. The minimum atomic E-state index is -3.55. The summed E-state index contributed by atoms with van der Waals surface area (Å²) in [5.41, 5.74) is 2.24. The van der Waals surface area contributed by atoms with Gasteiger partial charge in [-0.3, -0.25) is 4.90 Å². The molecular weight excluding hydrogens is 386 g/mol. The molecule has 4 rings (SSSR count). The van der Waals surface area contributed by atoms with Crippen LogP contribution in [0.15, 0.2) is 51.9 Å². The predicted octanol–water partition coefficient (Wildman–Crippen LogP) is 3.30. The third kappa shape index (κ3) is 3.48. The molecule has 0 atom stereocenters. The van der Waals surface area contributed by atoms with E-state index in [1.807, 2.05) is 24.3 Å². The minimum absolute atomic E-state index is 0.283. The van der Waals surface area contributed by atoms with E-state index >= 15 is 0 Å². The first-order valence-corrected chi connectivity index (χ1v) is 10.6. The highest BCUT2D eigenvalue weighted by Crippen LogP contribution is 2.27. The minimum Gasteiger partial charge on any atom is -0.356 e. The molecule has 2 heterocycles. The van der Waals surface area contributed by atoms with Gasteiger partial charge in [-0.1, -0.05) is 35.0 Å². The lowest BCUT2D eigenvalue weighted by Gasteiger charge is -2.33. The Bertz CT molecular complexity index is 1070. The second-order valence-electron chi connectivity index (χ2n) is 6.67. The maximum Gasteiger partial charge on any atom is 0.243 e.